The fraction of sp³-hybridized carbons (Fsp3) is 0.0667. The van der Waals surface area contributed by atoms with E-state index in [9.17, 15) is 9.59 Å². The number of benzene rings is 1. The molecule has 108 valence electrons. The largest absolute Gasteiger partial charge is 0.478 e. The fourth-order valence-electron chi connectivity index (χ4n) is 1.67. The van der Waals surface area contributed by atoms with Crippen molar-refractivity contribution in [3.63, 3.8) is 0 Å². The molecule has 0 saturated heterocycles. The molecule has 6 heteroatoms. The van der Waals surface area contributed by atoms with Crippen molar-refractivity contribution >= 4 is 35.2 Å². The van der Waals surface area contributed by atoms with E-state index < -0.39 is 11.9 Å². The first-order chi connectivity index (χ1) is 9.95. The predicted molar refractivity (Wildman–Crippen MR) is 79.5 cm³/mol. The third kappa shape index (κ3) is 3.97. The van der Waals surface area contributed by atoms with E-state index in [-0.39, 0.29) is 11.0 Å². The molecule has 1 aromatic heterocycles. The first kappa shape index (κ1) is 14.9. The lowest BCUT2D eigenvalue weighted by Crippen LogP contribution is -2.11. The number of furan rings is 1. The molecule has 2 rings (SSSR count). The highest BCUT2D eigenvalue weighted by molar-refractivity contribution is 6.29. The Labute approximate surface area is 125 Å². The van der Waals surface area contributed by atoms with E-state index in [0.717, 1.165) is 11.6 Å². The van der Waals surface area contributed by atoms with Crippen LogP contribution < -0.4 is 5.32 Å². The number of hydrogen-bond acceptors (Lipinski definition) is 3. The summed E-state index contributed by atoms with van der Waals surface area (Å²) in [5.41, 5.74) is 2.07. The number of rotatable bonds is 4. The monoisotopic (exact) mass is 305 g/mol. The minimum absolute atomic E-state index is 0.103. The van der Waals surface area contributed by atoms with E-state index in [1.165, 1.54) is 18.2 Å². The highest BCUT2D eigenvalue weighted by atomic mass is 35.5. The Balaban J connectivity index is 2.21. The number of carbonyl (C=O) groups is 2. The summed E-state index contributed by atoms with van der Waals surface area (Å²) in [7, 11) is 0. The summed E-state index contributed by atoms with van der Waals surface area (Å²) in [6.45, 7) is 1.83. The zero-order valence-corrected chi connectivity index (χ0v) is 11.8. The number of hydrogen-bond donors (Lipinski definition) is 2. The van der Waals surface area contributed by atoms with Crippen LogP contribution in [0, 0.1) is 6.92 Å². The second kappa shape index (κ2) is 6.28. The molecule has 0 spiro atoms. The third-order valence-corrected chi connectivity index (χ3v) is 2.93. The van der Waals surface area contributed by atoms with Gasteiger partial charge in [0.2, 0.25) is 0 Å². The second-order valence-electron chi connectivity index (χ2n) is 4.30. The number of aryl methyl sites for hydroxylation is 1. The zero-order valence-electron chi connectivity index (χ0n) is 11.1. The Morgan fingerprint density at radius 3 is 2.67 bits per heavy atom. The molecule has 0 bridgehead atoms. The van der Waals surface area contributed by atoms with Crippen molar-refractivity contribution in [1.29, 1.82) is 0 Å². The summed E-state index contributed by atoms with van der Waals surface area (Å²) in [5.74, 6) is -1.36. The van der Waals surface area contributed by atoms with Crippen LogP contribution in [0.25, 0.3) is 6.08 Å². The third-order valence-electron chi connectivity index (χ3n) is 2.73. The van der Waals surface area contributed by atoms with Crippen molar-refractivity contribution in [2.24, 2.45) is 0 Å². The maximum atomic E-state index is 12.0. The van der Waals surface area contributed by atoms with Crippen molar-refractivity contribution in [2.45, 2.75) is 6.92 Å². The van der Waals surface area contributed by atoms with Crippen molar-refractivity contribution in [2.75, 3.05) is 5.32 Å². The molecule has 1 amide bonds. The molecule has 0 aliphatic rings. The summed E-state index contributed by atoms with van der Waals surface area (Å²) in [4.78, 5) is 22.5. The quantitative estimate of drug-likeness (QED) is 0.846. The smallest absolute Gasteiger partial charge is 0.328 e. The Hall–Kier alpha value is -2.53. The Morgan fingerprint density at radius 1 is 1.29 bits per heavy atom. The van der Waals surface area contributed by atoms with Crippen LogP contribution in [0.4, 0.5) is 5.69 Å². The standard InChI is InChI=1S/C15H12ClNO4/c1-9-2-3-10(4-7-14(18)19)8-11(9)17-15(20)12-5-6-13(16)21-12/h2-8H,1H3,(H,17,20)(H,18,19). The normalized spacial score (nSPS) is 10.8. The lowest BCUT2D eigenvalue weighted by atomic mass is 10.1. The van der Waals surface area contributed by atoms with Gasteiger partial charge < -0.3 is 14.8 Å². The zero-order chi connectivity index (χ0) is 15.4. The number of anilines is 1. The number of carbonyl (C=O) groups excluding carboxylic acids is 1. The lowest BCUT2D eigenvalue weighted by molar-refractivity contribution is -0.131. The van der Waals surface area contributed by atoms with Gasteiger partial charge in [0.05, 0.1) is 0 Å². The molecule has 1 aromatic carbocycles. The van der Waals surface area contributed by atoms with Gasteiger partial charge in [0.15, 0.2) is 11.0 Å². The number of nitrogens with one attached hydrogen (secondary N) is 1. The molecule has 5 nitrogen and oxygen atoms in total. The summed E-state index contributed by atoms with van der Waals surface area (Å²) < 4.78 is 5.03. The molecule has 1 heterocycles. The minimum atomic E-state index is -1.04. The van der Waals surface area contributed by atoms with Crippen molar-refractivity contribution < 1.29 is 19.1 Å². The Kier molecular flexibility index (Phi) is 4.45. The van der Waals surface area contributed by atoms with Gasteiger partial charge in [-0.3, -0.25) is 4.79 Å². The topological polar surface area (TPSA) is 79.5 Å². The average Bonchev–Trinajstić information content (AvgIpc) is 2.86. The van der Waals surface area contributed by atoms with Crippen molar-refractivity contribution in [3.05, 3.63) is 58.5 Å². The average molecular weight is 306 g/mol. The number of aliphatic carboxylic acids is 1. The van der Waals surface area contributed by atoms with Crippen LogP contribution in [0.1, 0.15) is 21.7 Å². The van der Waals surface area contributed by atoms with Gasteiger partial charge in [-0.25, -0.2) is 4.79 Å². The number of halogens is 1. The SMILES string of the molecule is Cc1ccc(C=CC(=O)O)cc1NC(=O)c1ccc(Cl)o1. The van der Waals surface area contributed by atoms with Crippen LogP contribution in [0.3, 0.4) is 0 Å². The van der Waals surface area contributed by atoms with E-state index in [4.69, 9.17) is 21.1 Å². The van der Waals surface area contributed by atoms with E-state index >= 15 is 0 Å². The molecule has 0 aliphatic heterocycles. The molecule has 0 unspecified atom stereocenters. The van der Waals surface area contributed by atoms with Gasteiger partial charge in [-0.15, -0.1) is 0 Å². The van der Waals surface area contributed by atoms with Gasteiger partial charge in [-0.05, 0) is 53.9 Å². The summed E-state index contributed by atoms with van der Waals surface area (Å²) in [6, 6.07) is 8.17. The van der Waals surface area contributed by atoms with E-state index in [2.05, 4.69) is 5.32 Å². The second-order valence-corrected chi connectivity index (χ2v) is 4.68. The molecule has 0 radical (unpaired) electrons. The van der Waals surface area contributed by atoms with E-state index in [1.807, 2.05) is 6.92 Å². The van der Waals surface area contributed by atoms with Crippen LogP contribution in [0.2, 0.25) is 5.22 Å². The maximum Gasteiger partial charge on any atom is 0.328 e. The fourth-order valence-corrected chi connectivity index (χ4v) is 1.81. The van der Waals surface area contributed by atoms with Crippen LogP contribution in [0.15, 0.2) is 40.8 Å². The molecule has 2 aromatic rings. The van der Waals surface area contributed by atoms with Crippen molar-refractivity contribution in [1.82, 2.24) is 0 Å². The number of amides is 1. The highest BCUT2D eigenvalue weighted by Crippen LogP contribution is 2.20. The molecule has 0 aliphatic carbocycles. The summed E-state index contributed by atoms with van der Waals surface area (Å²) >= 11 is 5.62. The first-order valence-corrected chi connectivity index (χ1v) is 6.42. The van der Waals surface area contributed by atoms with Crippen molar-refractivity contribution in [3.8, 4) is 0 Å². The highest BCUT2D eigenvalue weighted by Gasteiger charge is 2.12. The number of carboxylic acid groups (broad SMARTS) is 1. The molecule has 2 N–H and O–H groups in total. The molecule has 0 saturated carbocycles. The Bertz CT molecular complexity index is 718. The van der Waals surface area contributed by atoms with Crippen LogP contribution in [-0.2, 0) is 4.79 Å². The van der Waals surface area contributed by atoms with E-state index in [1.54, 1.807) is 18.2 Å². The minimum Gasteiger partial charge on any atom is -0.478 e. The van der Waals surface area contributed by atoms with Gasteiger partial charge >= 0.3 is 5.97 Å². The molecular weight excluding hydrogens is 294 g/mol. The Morgan fingerprint density at radius 2 is 2.05 bits per heavy atom. The van der Waals surface area contributed by atoms with E-state index in [0.29, 0.717) is 11.3 Å². The predicted octanol–water partition coefficient (Wildman–Crippen LogP) is 3.59. The van der Waals surface area contributed by atoms with Crippen LogP contribution in [0.5, 0.6) is 0 Å². The van der Waals surface area contributed by atoms with Gasteiger partial charge in [-0.2, -0.15) is 0 Å². The molecule has 0 atom stereocenters. The molecular formula is C15H12ClNO4. The molecule has 21 heavy (non-hydrogen) atoms. The van der Waals surface area contributed by atoms with Gasteiger partial charge in [0.1, 0.15) is 0 Å². The first-order valence-electron chi connectivity index (χ1n) is 6.04. The van der Waals surface area contributed by atoms with Gasteiger partial charge in [0.25, 0.3) is 5.91 Å². The lowest BCUT2D eigenvalue weighted by Gasteiger charge is -2.08. The van der Waals surface area contributed by atoms with Crippen LogP contribution in [-0.4, -0.2) is 17.0 Å². The molecule has 0 fully saturated rings. The summed E-state index contributed by atoms with van der Waals surface area (Å²) in [5, 5.41) is 11.4. The van der Waals surface area contributed by atoms with Gasteiger partial charge in [0, 0.05) is 11.8 Å². The maximum absolute atomic E-state index is 12.0. The number of carboxylic acids is 1. The van der Waals surface area contributed by atoms with Crippen LogP contribution >= 0.6 is 11.6 Å². The van der Waals surface area contributed by atoms with Gasteiger partial charge in [-0.1, -0.05) is 12.1 Å². The summed E-state index contributed by atoms with van der Waals surface area (Å²) in [6.07, 6.45) is 2.48.